The van der Waals surface area contributed by atoms with Crippen LogP contribution in [0.5, 0.6) is 0 Å². The molecule has 0 amide bonds. The Hall–Kier alpha value is 0.440. The van der Waals surface area contributed by atoms with E-state index in [1.165, 1.54) is 32.1 Å². The molecule has 1 aliphatic rings. The Kier molecular flexibility index (Phi) is 5.21. The minimum Gasteiger partial charge on any atom is -0.381 e. The molecular weight excluding hydrogens is 204 g/mol. The first-order chi connectivity index (χ1) is 5.43. The number of unbranched alkanes of at least 4 members (excludes halogenated alkanes) is 1. The minimum absolute atomic E-state index is 0.957. The van der Waals surface area contributed by atoms with Crippen molar-refractivity contribution < 1.29 is 4.74 Å². The summed E-state index contributed by atoms with van der Waals surface area (Å²) in [5, 5.41) is 1.11. The normalized spacial score (nSPS) is 17.2. The van der Waals surface area contributed by atoms with Crippen LogP contribution in [0, 0.1) is 5.92 Å². The second kappa shape index (κ2) is 6.01. The van der Waals surface area contributed by atoms with Crippen molar-refractivity contribution in [2.24, 2.45) is 5.92 Å². The Morgan fingerprint density at radius 3 is 2.64 bits per heavy atom. The van der Waals surface area contributed by atoms with Gasteiger partial charge in [0.15, 0.2) is 0 Å². The molecule has 0 bridgehead atoms. The van der Waals surface area contributed by atoms with Crippen LogP contribution in [-0.2, 0) is 4.74 Å². The van der Waals surface area contributed by atoms with Gasteiger partial charge in [-0.2, -0.15) is 0 Å². The Bertz CT molecular complexity index is 91.6. The molecule has 0 atom stereocenters. The van der Waals surface area contributed by atoms with Gasteiger partial charge in [0.05, 0.1) is 0 Å². The lowest BCUT2D eigenvalue weighted by Crippen LogP contribution is -1.97. The van der Waals surface area contributed by atoms with Gasteiger partial charge in [-0.25, -0.2) is 0 Å². The fraction of sp³-hybridized carbons (Fsp3) is 1.00. The summed E-state index contributed by atoms with van der Waals surface area (Å²) >= 11 is 3.40. The summed E-state index contributed by atoms with van der Waals surface area (Å²) in [7, 11) is 0. The molecule has 0 saturated heterocycles. The van der Waals surface area contributed by atoms with Crippen LogP contribution in [0.4, 0.5) is 0 Å². The number of ether oxygens (including phenoxy) is 1. The zero-order chi connectivity index (χ0) is 7.94. The van der Waals surface area contributed by atoms with Gasteiger partial charge in [-0.3, -0.25) is 0 Å². The van der Waals surface area contributed by atoms with E-state index in [0.29, 0.717) is 0 Å². The van der Waals surface area contributed by atoms with E-state index in [2.05, 4.69) is 15.9 Å². The molecule has 0 aliphatic heterocycles. The van der Waals surface area contributed by atoms with Crippen molar-refractivity contribution in [2.45, 2.75) is 32.1 Å². The topological polar surface area (TPSA) is 9.23 Å². The van der Waals surface area contributed by atoms with Gasteiger partial charge in [0, 0.05) is 18.5 Å². The molecule has 0 aromatic carbocycles. The molecule has 1 saturated carbocycles. The number of alkyl halides is 1. The summed E-state index contributed by atoms with van der Waals surface area (Å²) in [6.07, 6.45) is 6.64. The van der Waals surface area contributed by atoms with Gasteiger partial charge in [0.2, 0.25) is 0 Å². The summed E-state index contributed by atoms with van der Waals surface area (Å²) in [5.74, 6) is 1.02. The van der Waals surface area contributed by atoms with Crippen molar-refractivity contribution in [1.29, 1.82) is 0 Å². The first kappa shape index (κ1) is 9.53. The smallest absolute Gasteiger partial charge is 0.0468 e. The Labute approximate surface area is 77.6 Å². The summed E-state index contributed by atoms with van der Waals surface area (Å²) in [6, 6.07) is 0. The second-order valence-corrected chi connectivity index (χ2v) is 4.03. The first-order valence-corrected chi connectivity index (χ1v) is 5.69. The van der Waals surface area contributed by atoms with E-state index < -0.39 is 0 Å². The van der Waals surface area contributed by atoms with Crippen molar-refractivity contribution >= 4 is 15.9 Å². The summed E-state index contributed by atoms with van der Waals surface area (Å²) in [5.41, 5.74) is 0. The Balaban J connectivity index is 1.66. The second-order valence-electron chi connectivity index (χ2n) is 3.24. The quantitative estimate of drug-likeness (QED) is 0.474. The van der Waals surface area contributed by atoms with E-state index in [9.17, 15) is 0 Å². The summed E-state index contributed by atoms with van der Waals surface area (Å²) < 4.78 is 5.47. The minimum atomic E-state index is 0.957. The molecule has 0 aromatic heterocycles. The zero-order valence-corrected chi connectivity index (χ0v) is 8.61. The number of rotatable bonds is 7. The predicted octanol–water partition coefficient (Wildman–Crippen LogP) is 2.98. The molecule has 1 aliphatic carbocycles. The molecule has 66 valence electrons. The monoisotopic (exact) mass is 220 g/mol. The van der Waals surface area contributed by atoms with E-state index in [0.717, 1.165) is 24.5 Å². The van der Waals surface area contributed by atoms with Crippen LogP contribution >= 0.6 is 15.9 Å². The highest BCUT2D eigenvalue weighted by molar-refractivity contribution is 9.09. The van der Waals surface area contributed by atoms with E-state index in [4.69, 9.17) is 4.74 Å². The van der Waals surface area contributed by atoms with Gasteiger partial charge < -0.3 is 4.74 Å². The summed E-state index contributed by atoms with van der Waals surface area (Å²) in [4.78, 5) is 0. The van der Waals surface area contributed by atoms with Gasteiger partial charge in [-0.15, -0.1) is 0 Å². The van der Waals surface area contributed by atoms with E-state index in [-0.39, 0.29) is 0 Å². The lowest BCUT2D eigenvalue weighted by molar-refractivity contribution is 0.125. The van der Waals surface area contributed by atoms with Crippen LogP contribution in [0.3, 0.4) is 0 Å². The van der Waals surface area contributed by atoms with Crippen LogP contribution in [-0.4, -0.2) is 18.5 Å². The highest BCUT2D eigenvalue weighted by atomic mass is 79.9. The first-order valence-electron chi connectivity index (χ1n) is 4.57. The maximum atomic E-state index is 5.47. The fourth-order valence-electron chi connectivity index (χ4n) is 1.06. The van der Waals surface area contributed by atoms with E-state index in [1.54, 1.807) is 0 Å². The molecule has 0 unspecified atom stereocenters. The SMILES string of the molecule is BrCCCCOCCC1CC1. The zero-order valence-electron chi connectivity index (χ0n) is 7.02. The van der Waals surface area contributed by atoms with Gasteiger partial charge in [-0.05, 0) is 25.2 Å². The third kappa shape index (κ3) is 5.68. The van der Waals surface area contributed by atoms with Crippen molar-refractivity contribution in [3.8, 4) is 0 Å². The van der Waals surface area contributed by atoms with Crippen LogP contribution in [0.25, 0.3) is 0 Å². The average molecular weight is 221 g/mol. The highest BCUT2D eigenvalue weighted by Gasteiger charge is 2.20. The van der Waals surface area contributed by atoms with Gasteiger partial charge in [-0.1, -0.05) is 28.8 Å². The average Bonchev–Trinajstić information content (AvgIpc) is 2.80. The standard InChI is InChI=1S/C9H17BrO/c10-6-1-2-7-11-8-5-9-3-4-9/h9H,1-8H2. The van der Waals surface area contributed by atoms with Crippen LogP contribution in [0.2, 0.25) is 0 Å². The van der Waals surface area contributed by atoms with Crippen molar-refractivity contribution in [3.63, 3.8) is 0 Å². The molecule has 0 heterocycles. The lowest BCUT2D eigenvalue weighted by Gasteiger charge is -2.01. The largest absolute Gasteiger partial charge is 0.381 e. The molecule has 1 fully saturated rings. The van der Waals surface area contributed by atoms with Crippen LogP contribution < -0.4 is 0 Å². The third-order valence-corrected chi connectivity index (χ3v) is 2.60. The molecule has 11 heavy (non-hydrogen) atoms. The lowest BCUT2D eigenvalue weighted by atomic mass is 10.3. The highest BCUT2D eigenvalue weighted by Crippen LogP contribution is 2.32. The molecule has 0 radical (unpaired) electrons. The van der Waals surface area contributed by atoms with Crippen LogP contribution in [0.15, 0.2) is 0 Å². The number of hydrogen-bond acceptors (Lipinski definition) is 1. The van der Waals surface area contributed by atoms with Crippen molar-refractivity contribution in [1.82, 2.24) is 0 Å². The maximum absolute atomic E-state index is 5.47. The van der Waals surface area contributed by atoms with Crippen molar-refractivity contribution in [3.05, 3.63) is 0 Å². The molecule has 0 aromatic rings. The fourth-order valence-corrected chi connectivity index (χ4v) is 1.45. The Morgan fingerprint density at radius 1 is 1.18 bits per heavy atom. The number of halogens is 1. The van der Waals surface area contributed by atoms with Crippen molar-refractivity contribution in [2.75, 3.05) is 18.5 Å². The van der Waals surface area contributed by atoms with Crippen LogP contribution in [0.1, 0.15) is 32.1 Å². The Morgan fingerprint density at radius 2 is 2.00 bits per heavy atom. The van der Waals surface area contributed by atoms with Gasteiger partial charge in [0.1, 0.15) is 0 Å². The maximum Gasteiger partial charge on any atom is 0.0468 e. The summed E-state index contributed by atoms with van der Waals surface area (Å²) in [6.45, 7) is 1.95. The predicted molar refractivity (Wildman–Crippen MR) is 51.2 cm³/mol. The number of hydrogen-bond donors (Lipinski definition) is 0. The molecule has 0 spiro atoms. The van der Waals surface area contributed by atoms with E-state index >= 15 is 0 Å². The van der Waals surface area contributed by atoms with E-state index in [1.807, 2.05) is 0 Å². The molecule has 0 N–H and O–H groups in total. The molecule has 1 rings (SSSR count). The third-order valence-electron chi connectivity index (χ3n) is 2.04. The molecule has 1 nitrogen and oxygen atoms in total. The van der Waals surface area contributed by atoms with Gasteiger partial charge in [0.25, 0.3) is 0 Å². The molecular formula is C9H17BrO. The molecule has 2 heteroatoms. The van der Waals surface area contributed by atoms with Gasteiger partial charge >= 0.3 is 0 Å².